The monoisotopic (exact) mass is 842 g/mol. The molecule has 0 saturated heterocycles. The van der Waals surface area contributed by atoms with Crippen molar-refractivity contribution in [2.45, 2.75) is 251 Å². The molecule has 0 amide bonds. The number of phosphoric acid groups is 1. The lowest BCUT2D eigenvalue weighted by molar-refractivity contribution is -0.154. The Balaban J connectivity index is 3.93. The Morgan fingerprint density at radius 2 is 0.914 bits per heavy atom. The molecule has 0 radical (unpaired) electrons. The first-order valence-electron chi connectivity index (χ1n) is 24.8. The van der Waals surface area contributed by atoms with Gasteiger partial charge < -0.3 is 20.1 Å². The van der Waals surface area contributed by atoms with Gasteiger partial charge in [-0.3, -0.25) is 13.8 Å². The summed E-state index contributed by atoms with van der Waals surface area (Å²) in [6.45, 7) is 4.94. The van der Waals surface area contributed by atoms with Gasteiger partial charge in [0.15, 0.2) is 0 Å². The molecule has 3 N–H and O–H groups in total. The number of hydrogen-bond donors (Lipinski definition) is 2. The molecule has 0 aliphatic heterocycles. The van der Waals surface area contributed by atoms with Crippen LogP contribution in [0.15, 0.2) is 24.3 Å². The third-order valence-electron chi connectivity index (χ3n) is 10.9. The minimum absolute atomic E-state index is 0.0943. The first-order chi connectivity index (χ1) is 28.4. The van der Waals surface area contributed by atoms with Gasteiger partial charge in [-0.15, -0.1) is 0 Å². The lowest BCUT2D eigenvalue weighted by Gasteiger charge is -2.20. The second kappa shape index (κ2) is 47.0. The zero-order valence-corrected chi connectivity index (χ0v) is 39.2. The molecule has 0 bridgehead atoms. The molecule has 58 heavy (non-hydrogen) atoms. The van der Waals surface area contributed by atoms with Gasteiger partial charge in [0.2, 0.25) is 0 Å². The highest BCUT2D eigenvalue weighted by molar-refractivity contribution is 7.47. The van der Waals surface area contributed by atoms with Crippen molar-refractivity contribution >= 4 is 13.8 Å². The number of unbranched alkanes of at least 4 members (excludes halogenated alkanes) is 31. The Hall–Kier alpha value is -1.02. The molecular formula is C49H96NO7P. The van der Waals surface area contributed by atoms with E-state index in [4.69, 9.17) is 24.3 Å². The van der Waals surface area contributed by atoms with Crippen LogP contribution in [-0.4, -0.2) is 49.9 Å². The van der Waals surface area contributed by atoms with E-state index in [0.717, 1.165) is 38.5 Å². The van der Waals surface area contributed by atoms with Gasteiger partial charge >= 0.3 is 13.8 Å². The summed E-state index contributed by atoms with van der Waals surface area (Å²) in [6, 6.07) is 0. The van der Waals surface area contributed by atoms with Crippen molar-refractivity contribution in [1.82, 2.24) is 0 Å². The minimum atomic E-state index is -4.28. The number of phosphoric ester groups is 1. The first kappa shape index (κ1) is 57.0. The predicted octanol–water partition coefficient (Wildman–Crippen LogP) is 15.2. The number of nitrogens with two attached hydrogens (primary N) is 1. The molecule has 0 heterocycles. The van der Waals surface area contributed by atoms with Gasteiger partial charge in [-0.05, 0) is 44.9 Å². The molecular weight excluding hydrogens is 746 g/mol. The summed E-state index contributed by atoms with van der Waals surface area (Å²) in [5.41, 5.74) is 5.38. The summed E-state index contributed by atoms with van der Waals surface area (Å²) in [7, 11) is -4.28. The molecule has 344 valence electrons. The molecule has 0 aliphatic carbocycles. The number of hydrogen-bond acceptors (Lipinski definition) is 7. The topological polar surface area (TPSA) is 117 Å². The maximum Gasteiger partial charge on any atom is 0.472 e. The van der Waals surface area contributed by atoms with Gasteiger partial charge in [0.1, 0.15) is 6.10 Å². The lowest BCUT2D eigenvalue weighted by Crippen LogP contribution is -2.28. The van der Waals surface area contributed by atoms with Gasteiger partial charge in [0, 0.05) is 19.6 Å². The molecule has 0 fully saturated rings. The molecule has 0 aromatic heterocycles. The van der Waals surface area contributed by atoms with E-state index in [0.29, 0.717) is 13.0 Å². The molecule has 0 rings (SSSR count). The Kier molecular flexibility index (Phi) is 46.2. The van der Waals surface area contributed by atoms with Crippen molar-refractivity contribution in [3.05, 3.63) is 24.3 Å². The van der Waals surface area contributed by atoms with Crippen LogP contribution in [0.1, 0.15) is 245 Å². The normalized spacial score (nSPS) is 13.5. The minimum Gasteiger partial charge on any atom is -0.457 e. The van der Waals surface area contributed by atoms with Crippen LogP contribution in [0.5, 0.6) is 0 Å². The van der Waals surface area contributed by atoms with E-state index >= 15 is 0 Å². The van der Waals surface area contributed by atoms with Crippen LogP contribution in [0.25, 0.3) is 0 Å². The SMILES string of the molecule is CCCCC/C=C\C/C=C\CCCCCCCCCCOCC(COP(=O)(O)OCCN)OC(=O)CCCCCCCCCCCCCCCCCCCCCCC. The maximum absolute atomic E-state index is 12.6. The summed E-state index contributed by atoms with van der Waals surface area (Å²) in [4.78, 5) is 22.6. The van der Waals surface area contributed by atoms with Crippen LogP contribution >= 0.6 is 7.82 Å². The first-order valence-corrected chi connectivity index (χ1v) is 26.3. The Morgan fingerprint density at radius 3 is 1.38 bits per heavy atom. The maximum atomic E-state index is 12.6. The van der Waals surface area contributed by atoms with Gasteiger partial charge in [-0.2, -0.15) is 0 Å². The fourth-order valence-electron chi connectivity index (χ4n) is 7.21. The average Bonchev–Trinajstić information content (AvgIpc) is 3.21. The fourth-order valence-corrected chi connectivity index (χ4v) is 7.97. The third-order valence-corrected chi connectivity index (χ3v) is 11.9. The molecule has 9 heteroatoms. The van der Waals surface area contributed by atoms with Crippen molar-refractivity contribution in [2.24, 2.45) is 5.73 Å². The van der Waals surface area contributed by atoms with Crippen molar-refractivity contribution in [3.8, 4) is 0 Å². The summed E-state index contributed by atoms with van der Waals surface area (Å²) >= 11 is 0. The van der Waals surface area contributed by atoms with Crippen molar-refractivity contribution in [3.63, 3.8) is 0 Å². The van der Waals surface area contributed by atoms with E-state index < -0.39 is 13.9 Å². The molecule has 0 saturated carbocycles. The van der Waals surface area contributed by atoms with E-state index in [9.17, 15) is 14.3 Å². The Morgan fingerprint density at radius 1 is 0.517 bits per heavy atom. The van der Waals surface area contributed by atoms with E-state index in [-0.39, 0.29) is 32.3 Å². The van der Waals surface area contributed by atoms with E-state index in [2.05, 4.69) is 38.2 Å². The van der Waals surface area contributed by atoms with Crippen LogP contribution in [0.3, 0.4) is 0 Å². The van der Waals surface area contributed by atoms with Crippen LogP contribution < -0.4 is 5.73 Å². The average molecular weight is 842 g/mol. The molecule has 0 aromatic carbocycles. The summed E-state index contributed by atoms with van der Waals surface area (Å²) < 4.78 is 33.6. The zero-order valence-electron chi connectivity index (χ0n) is 38.3. The molecule has 0 spiro atoms. The van der Waals surface area contributed by atoms with Gasteiger partial charge in [-0.1, -0.05) is 218 Å². The summed E-state index contributed by atoms with van der Waals surface area (Å²) in [6.07, 6.45) is 53.5. The second-order valence-electron chi connectivity index (χ2n) is 16.7. The van der Waals surface area contributed by atoms with Crippen molar-refractivity contribution in [1.29, 1.82) is 0 Å². The number of esters is 1. The summed E-state index contributed by atoms with van der Waals surface area (Å²) in [5, 5.41) is 0. The van der Waals surface area contributed by atoms with Crippen molar-refractivity contribution < 1.29 is 32.8 Å². The zero-order chi connectivity index (χ0) is 42.3. The van der Waals surface area contributed by atoms with E-state index in [1.54, 1.807) is 0 Å². The van der Waals surface area contributed by atoms with Crippen LogP contribution in [0.2, 0.25) is 0 Å². The molecule has 0 aliphatic rings. The van der Waals surface area contributed by atoms with E-state index in [1.807, 2.05) is 0 Å². The van der Waals surface area contributed by atoms with Crippen LogP contribution in [0, 0.1) is 0 Å². The highest BCUT2D eigenvalue weighted by Gasteiger charge is 2.25. The molecule has 0 aromatic rings. The summed E-state index contributed by atoms with van der Waals surface area (Å²) in [5.74, 6) is -0.327. The Bertz CT molecular complexity index is 946. The number of carbonyl (C=O) groups excluding carboxylic acids is 1. The Labute approximate surface area is 359 Å². The molecule has 8 nitrogen and oxygen atoms in total. The van der Waals surface area contributed by atoms with Gasteiger partial charge in [0.05, 0.1) is 19.8 Å². The fraction of sp³-hybridized carbons (Fsp3) is 0.898. The highest BCUT2D eigenvalue weighted by atomic mass is 31.2. The third kappa shape index (κ3) is 46.1. The standard InChI is InChI=1S/C49H96NO7P/c1-3-5-7-9-11-13-15-17-19-21-23-24-25-26-28-30-32-34-36-38-40-42-49(51)57-48(47-56-58(52,53)55-45-43-50)46-54-44-41-39-37-35-33-31-29-27-22-20-18-16-14-12-10-8-6-4-2/h12,14,18,20,48H,3-11,13,15-17,19,21-47,50H2,1-2H3,(H,52,53)/b14-12-,20-18-. The smallest absolute Gasteiger partial charge is 0.457 e. The van der Waals surface area contributed by atoms with Crippen molar-refractivity contribution in [2.75, 3.05) is 33.0 Å². The van der Waals surface area contributed by atoms with Crippen LogP contribution in [0.4, 0.5) is 0 Å². The van der Waals surface area contributed by atoms with Crippen LogP contribution in [-0.2, 0) is 27.9 Å². The highest BCUT2D eigenvalue weighted by Crippen LogP contribution is 2.43. The number of rotatable bonds is 48. The molecule has 2 atom stereocenters. The van der Waals surface area contributed by atoms with E-state index in [1.165, 1.54) is 186 Å². The quantitative estimate of drug-likeness (QED) is 0.0269. The van der Waals surface area contributed by atoms with Gasteiger partial charge in [-0.25, -0.2) is 4.57 Å². The predicted molar refractivity (Wildman–Crippen MR) is 247 cm³/mol. The second-order valence-corrected chi connectivity index (χ2v) is 18.1. The molecule has 2 unspecified atom stereocenters. The number of carbonyl (C=O) groups is 1. The number of ether oxygens (including phenoxy) is 2. The number of allylic oxidation sites excluding steroid dienone is 4. The largest absolute Gasteiger partial charge is 0.472 e. The lowest BCUT2D eigenvalue weighted by atomic mass is 10.0. The van der Waals surface area contributed by atoms with Gasteiger partial charge in [0.25, 0.3) is 0 Å².